The van der Waals surface area contributed by atoms with Crippen molar-refractivity contribution in [2.24, 2.45) is 0 Å². The highest BCUT2D eigenvalue weighted by atomic mass is 16.2. The highest BCUT2D eigenvalue weighted by molar-refractivity contribution is 6.16. The van der Waals surface area contributed by atoms with Gasteiger partial charge in [-0.05, 0) is 42.4 Å². The van der Waals surface area contributed by atoms with Gasteiger partial charge in [-0.15, -0.1) is 0 Å². The lowest BCUT2D eigenvalue weighted by Crippen LogP contribution is -2.58. The monoisotopic (exact) mass is 342 g/mol. The first-order chi connectivity index (χ1) is 12.8. The maximum atomic E-state index is 13.2. The Hall–Kier alpha value is -2.81. The van der Waals surface area contributed by atoms with Crippen molar-refractivity contribution in [1.82, 2.24) is 5.32 Å². The third kappa shape index (κ3) is 2.31. The molecule has 1 fully saturated rings. The van der Waals surface area contributed by atoms with E-state index in [0.717, 1.165) is 59.2 Å². The molecule has 1 amide bonds. The molecule has 130 valence electrons. The summed E-state index contributed by atoms with van der Waals surface area (Å²) in [4.78, 5) is 13.2. The number of rotatable bonds is 1. The Morgan fingerprint density at radius 2 is 1.31 bits per heavy atom. The fraction of sp³-hybridized carbons (Fsp3) is 0.261. The van der Waals surface area contributed by atoms with Crippen LogP contribution in [-0.2, 0) is 0 Å². The van der Waals surface area contributed by atoms with Crippen molar-refractivity contribution in [3.63, 3.8) is 0 Å². The zero-order valence-corrected chi connectivity index (χ0v) is 14.7. The molecule has 3 heteroatoms. The lowest BCUT2D eigenvalue weighted by Gasteiger charge is -2.43. The van der Waals surface area contributed by atoms with E-state index in [2.05, 4.69) is 53.1 Å². The normalized spacial score (nSPS) is 18.2. The van der Waals surface area contributed by atoms with Gasteiger partial charge in [0.1, 0.15) is 5.66 Å². The van der Waals surface area contributed by atoms with E-state index in [0.29, 0.717) is 0 Å². The Kier molecular flexibility index (Phi) is 3.49. The quantitative estimate of drug-likeness (QED) is 0.632. The Bertz CT molecular complexity index is 942. The Balaban J connectivity index is 1.78. The minimum absolute atomic E-state index is 0.0547. The van der Waals surface area contributed by atoms with Gasteiger partial charge in [-0.2, -0.15) is 0 Å². The van der Waals surface area contributed by atoms with E-state index >= 15 is 0 Å². The van der Waals surface area contributed by atoms with Gasteiger partial charge < -0.3 is 10.6 Å². The summed E-state index contributed by atoms with van der Waals surface area (Å²) in [5, 5.41) is 7.08. The average molecular weight is 342 g/mol. The summed E-state index contributed by atoms with van der Waals surface area (Å²) in [6.45, 7) is 0. The summed E-state index contributed by atoms with van der Waals surface area (Å²) in [5.74, 6) is 0.0547. The van der Waals surface area contributed by atoms with Gasteiger partial charge in [0, 0.05) is 5.56 Å². The Morgan fingerprint density at radius 1 is 0.692 bits per heavy atom. The van der Waals surface area contributed by atoms with Gasteiger partial charge >= 0.3 is 0 Å². The van der Waals surface area contributed by atoms with Crippen LogP contribution in [0.4, 0.5) is 5.69 Å². The van der Waals surface area contributed by atoms with Crippen LogP contribution < -0.4 is 10.6 Å². The summed E-state index contributed by atoms with van der Waals surface area (Å²) in [6.07, 6.45) is 5.52. The van der Waals surface area contributed by atoms with Crippen LogP contribution >= 0.6 is 0 Å². The fourth-order valence-electron chi connectivity index (χ4n) is 4.60. The van der Waals surface area contributed by atoms with Crippen LogP contribution in [0.3, 0.4) is 0 Å². The highest BCUT2D eigenvalue weighted by Gasteiger charge is 2.42. The van der Waals surface area contributed by atoms with Gasteiger partial charge in [-0.1, -0.05) is 67.1 Å². The molecular formula is C23H22N2O. The number of nitrogens with one attached hydrogen (secondary N) is 2. The smallest absolute Gasteiger partial charge is 0.255 e. The molecule has 1 saturated carbocycles. The van der Waals surface area contributed by atoms with Crippen LogP contribution in [0.15, 0.2) is 60.7 Å². The average Bonchev–Trinajstić information content (AvgIpc) is 2.79. The van der Waals surface area contributed by atoms with Crippen LogP contribution in [0.2, 0.25) is 0 Å². The molecule has 0 saturated heterocycles. The third-order valence-corrected chi connectivity index (χ3v) is 5.79. The van der Waals surface area contributed by atoms with Crippen molar-refractivity contribution in [2.45, 2.75) is 37.8 Å². The van der Waals surface area contributed by atoms with Crippen molar-refractivity contribution in [3.05, 3.63) is 66.2 Å². The number of amides is 1. The number of anilines is 1. The van der Waals surface area contributed by atoms with E-state index < -0.39 is 0 Å². The summed E-state index contributed by atoms with van der Waals surface area (Å²) in [6, 6.07) is 20.7. The molecule has 1 heterocycles. The number of benzene rings is 1. The zero-order chi connectivity index (χ0) is 17.6. The zero-order valence-electron chi connectivity index (χ0n) is 14.7. The van der Waals surface area contributed by atoms with Crippen LogP contribution in [0.25, 0.3) is 22.3 Å². The lowest BCUT2D eigenvalue weighted by molar-refractivity contribution is 0.0878. The first-order valence-electron chi connectivity index (χ1n) is 9.48. The van der Waals surface area contributed by atoms with Gasteiger partial charge in [-0.25, -0.2) is 0 Å². The number of carbonyl (C=O) groups is 1. The predicted molar refractivity (Wildman–Crippen MR) is 105 cm³/mol. The molecule has 0 unspecified atom stereocenters. The van der Waals surface area contributed by atoms with E-state index in [1.165, 1.54) is 6.42 Å². The number of hydrogen-bond acceptors (Lipinski definition) is 2. The van der Waals surface area contributed by atoms with Gasteiger partial charge in [0.15, 0.2) is 0 Å². The molecule has 1 aromatic carbocycles. The second kappa shape index (κ2) is 5.87. The van der Waals surface area contributed by atoms with Crippen molar-refractivity contribution in [1.29, 1.82) is 0 Å². The molecule has 3 nitrogen and oxygen atoms in total. The number of fused-ring (bicyclic) bond motifs is 3. The minimum Gasteiger partial charge on any atom is -0.362 e. The third-order valence-electron chi connectivity index (χ3n) is 5.79. The SMILES string of the molecule is O=C1NC2(CCCCC2)Nc2c1c1cccccc-1c2-c1ccccc1. The van der Waals surface area contributed by atoms with Crippen molar-refractivity contribution in [2.75, 3.05) is 5.32 Å². The Labute approximate surface area is 153 Å². The molecule has 0 aromatic heterocycles. The summed E-state index contributed by atoms with van der Waals surface area (Å²) < 4.78 is 0. The molecule has 0 radical (unpaired) electrons. The largest absolute Gasteiger partial charge is 0.362 e. The maximum absolute atomic E-state index is 13.2. The topological polar surface area (TPSA) is 41.1 Å². The second-order valence-electron chi connectivity index (χ2n) is 7.45. The highest BCUT2D eigenvalue weighted by Crippen LogP contribution is 2.49. The van der Waals surface area contributed by atoms with Crippen LogP contribution in [0.1, 0.15) is 42.5 Å². The molecule has 5 rings (SSSR count). The second-order valence-corrected chi connectivity index (χ2v) is 7.45. The molecule has 1 aromatic rings. The van der Waals surface area contributed by atoms with Gasteiger partial charge in [-0.3, -0.25) is 4.79 Å². The summed E-state index contributed by atoms with van der Waals surface area (Å²) in [5.41, 5.74) is 5.93. The molecule has 0 atom stereocenters. The van der Waals surface area contributed by atoms with Crippen molar-refractivity contribution < 1.29 is 4.79 Å². The predicted octanol–water partition coefficient (Wildman–Crippen LogP) is 5.27. The number of carbonyl (C=O) groups excluding carboxylic acids is 1. The molecule has 0 bridgehead atoms. The standard InChI is InChI=1S/C23H22N2O/c26-22-20-18-13-7-2-6-12-17(18)19(16-10-4-1-5-11-16)21(20)24-23(25-22)14-8-3-9-15-23/h1-2,4-7,10-13,24H,3,8-9,14-15H2,(H,25,26). The van der Waals surface area contributed by atoms with Crippen molar-refractivity contribution in [3.8, 4) is 22.3 Å². The molecular weight excluding hydrogens is 320 g/mol. The summed E-state index contributed by atoms with van der Waals surface area (Å²) >= 11 is 0. The van der Waals surface area contributed by atoms with Crippen molar-refractivity contribution >= 4 is 11.6 Å². The van der Waals surface area contributed by atoms with E-state index in [4.69, 9.17) is 0 Å². The maximum Gasteiger partial charge on any atom is 0.255 e. The number of hydrogen-bond donors (Lipinski definition) is 2. The molecule has 26 heavy (non-hydrogen) atoms. The lowest BCUT2D eigenvalue weighted by atomic mass is 9.86. The van der Waals surface area contributed by atoms with Gasteiger partial charge in [0.2, 0.25) is 0 Å². The minimum atomic E-state index is -0.293. The van der Waals surface area contributed by atoms with E-state index in [9.17, 15) is 4.79 Å². The van der Waals surface area contributed by atoms with E-state index in [1.807, 2.05) is 18.2 Å². The van der Waals surface area contributed by atoms with E-state index in [1.54, 1.807) is 0 Å². The molecule has 2 N–H and O–H groups in total. The first kappa shape index (κ1) is 15.4. The molecule has 4 aliphatic rings. The Morgan fingerprint density at radius 3 is 2.00 bits per heavy atom. The molecule has 1 spiro atoms. The molecule has 1 aliphatic heterocycles. The van der Waals surface area contributed by atoms with Crippen LogP contribution in [0.5, 0.6) is 0 Å². The molecule has 3 aliphatic carbocycles. The van der Waals surface area contributed by atoms with Crippen LogP contribution in [-0.4, -0.2) is 11.6 Å². The van der Waals surface area contributed by atoms with Gasteiger partial charge in [0.05, 0.1) is 11.3 Å². The van der Waals surface area contributed by atoms with Gasteiger partial charge in [0.25, 0.3) is 5.91 Å². The first-order valence-corrected chi connectivity index (χ1v) is 9.48. The summed E-state index contributed by atoms with van der Waals surface area (Å²) in [7, 11) is 0. The van der Waals surface area contributed by atoms with Crippen LogP contribution in [0, 0.1) is 0 Å². The van der Waals surface area contributed by atoms with E-state index in [-0.39, 0.29) is 11.6 Å². The fourth-order valence-corrected chi connectivity index (χ4v) is 4.60.